The second-order valence-electron chi connectivity index (χ2n) is 4.02. The first-order valence-corrected chi connectivity index (χ1v) is 6.24. The van der Waals surface area contributed by atoms with Gasteiger partial charge in [0.2, 0.25) is 5.82 Å². The first kappa shape index (κ1) is 12.6. The molecule has 3 rings (SSSR count). The van der Waals surface area contributed by atoms with Crippen molar-refractivity contribution in [3.05, 3.63) is 47.7 Å². The lowest BCUT2D eigenvalue weighted by Gasteiger charge is -1.98. The Hall–Kier alpha value is -2.40. The number of halogens is 1. The van der Waals surface area contributed by atoms with Crippen molar-refractivity contribution in [3.8, 4) is 28.6 Å². The molecular weight excluding hydrogens is 278 g/mol. The molecule has 0 amide bonds. The van der Waals surface area contributed by atoms with Gasteiger partial charge in [-0.25, -0.2) is 4.98 Å². The third-order valence-corrected chi connectivity index (χ3v) is 2.97. The van der Waals surface area contributed by atoms with Crippen molar-refractivity contribution in [1.82, 2.24) is 15.1 Å². The molecule has 20 heavy (non-hydrogen) atoms. The minimum Gasteiger partial charge on any atom is -0.497 e. The monoisotopic (exact) mass is 287 g/mol. The Labute approximate surface area is 120 Å². The van der Waals surface area contributed by atoms with Crippen LogP contribution in [-0.4, -0.2) is 22.2 Å². The summed E-state index contributed by atoms with van der Waals surface area (Å²) in [6.45, 7) is 0. The fraction of sp³-hybridized carbons (Fsp3) is 0.0714. The Balaban J connectivity index is 1.91. The van der Waals surface area contributed by atoms with Gasteiger partial charge in [-0.05, 0) is 36.4 Å². The molecule has 0 N–H and O–H groups in total. The Bertz CT molecular complexity index is 708. The van der Waals surface area contributed by atoms with Crippen LogP contribution in [0.4, 0.5) is 0 Å². The van der Waals surface area contributed by atoms with E-state index in [0.29, 0.717) is 16.9 Å². The summed E-state index contributed by atoms with van der Waals surface area (Å²) in [5.41, 5.74) is 1.57. The molecule has 5 nitrogen and oxygen atoms in total. The average molecular weight is 288 g/mol. The van der Waals surface area contributed by atoms with Crippen molar-refractivity contribution in [2.45, 2.75) is 0 Å². The van der Waals surface area contributed by atoms with Crippen LogP contribution in [0.5, 0.6) is 5.75 Å². The summed E-state index contributed by atoms with van der Waals surface area (Å²) in [6.07, 6.45) is 1.59. The van der Waals surface area contributed by atoms with E-state index >= 15 is 0 Å². The third kappa shape index (κ3) is 2.48. The van der Waals surface area contributed by atoms with Crippen molar-refractivity contribution in [1.29, 1.82) is 0 Å². The molecule has 0 bridgehead atoms. The van der Waals surface area contributed by atoms with Gasteiger partial charge in [-0.2, -0.15) is 4.98 Å². The zero-order valence-electron chi connectivity index (χ0n) is 10.6. The largest absolute Gasteiger partial charge is 0.497 e. The average Bonchev–Trinajstić information content (AvgIpc) is 2.98. The van der Waals surface area contributed by atoms with Gasteiger partial charge in [-0.3, -0.25) is 0 Å². The highest BCUT2D eigenvalue weighted by atomic mass is 35.5. The van der Waals surface area contributed by atoms with Crippen LogP contribution in [0, 0.1) is 0 Å². The smallest absolute Gasteiger partial charge is 0.259 e. The molecular formula is C14H10ClN3O2. The van der Waals surface area contributed by atoms with E-state index in [2.05, 4.69) is 15.1 Å². The van der Waals surface area contributed by atoms with Crippen LogP contribution in [0.2, 0.25) is 5.15 Å². The van der Waals surface area contributed by atoms with E-state index in [4.69, 9.17) is 20.9 Å². The highest BCUT2D eigenvalue weighted by Gasteiger charge is 2.10. The second kappa shape index (κ2) is 5.30. The Morgan fingerprint density at radius 1 is 1.05 bits per heavy atom. The van der Waals surface area contributed by atoms with Crippen molar-refractivity contribution in [2.24, 2.45) is 0 Å². The summed E-state index contributed by atoms with van der Waals surface area (Å²) in [4.78, 5) is 8.32. The maximum Gasteiger partial charge on any atom is 0.259 e. The molecule has 2 aromatic heterocycles. The van der Waals surface area contributed by atoms with Gasteiger partial charge in [-0.15, -0.1) is 0 Å². The summed E-state index contributed by atoms with van der Waals surface area (Å²) in [5.74, 6) is 1.69. The first-order valence-electron chi connectivity index (χ1n) is 5.86. The summed E-state index contributed by atoms with van der Waals surface area (Å²) >= 11 is 5.74. The summed E-state index contributed by atoms with van der Waals surface area (Å²) in [6, 6.07) is 10.9. The quantitative estimate of drug-likeness (QED) is 0.690. The summed E-state index contributed by atoms with van der Waals surface area (Å²) < 4.78 is 10.3. The van der Waals surface area contributed by atoms with Crippen LogP contribution in [0.25, 0.3) is 22.8 Å². The lowest BCUT2D eigenvalue weighted by Crippen LogP contribution is -1.84. The molecule has 0 atom stereocenters. The van der Waals surface area contributed by atoms with Gasteiger partial charge in [-0.1, -0.05) is 16.8 Å². The number of benzene rings is 1. The van der Waals surface area contributed by atoms with E-state index in [-0.39, 0.29) is 0 Å². The fourth-order valence-electron chi connectivity index (χ4n) is 1.70. The van der Waals surface area contributed by atoms with E-state index in [1.54, 1.807) is 25.4 Å². The Kier molecular flexibility index (Phi) is 3.35. The molecule has 6 heteroatoms. The van der Waals surface area contributed by atoms with Gasteiger partial charge in [0.25, 0.3) is 5.89 Å². The first-order chi connectivity index (χ1) is 9.76. The molecule has 0 aliphatic carbocycles. The molecule has 100 valence electrons. The SMILES string of the molecule is COc1ccc(-c2noc(-c3ccc(Cl)nc3)n2)cc1. The standard InChI is InChI=1S/C14H10ClN3O2/c1-19-11-5-2-9(3-6-11)13-17-14(20-18-13)10-4-7-12(15)16-8-10/h2-8H,1H3. The van der Waals surface area contributed by atoms with Crippen LogP contribution >= 0.6 is 11.6 Å². The van der Waals surface area contributed by atoms with Crippen LogP contribution < -0.4 is 4.74 Å². The maximum atomic E-state index is 5.74. The van der Waals surface area contributed by atoms with Crippen molar-refractivity contribution in [3.63, 3.8) is 0 Å². The van der Waals surface area contributed by atoms with E-state index < -0.39 is 0 Å². The fourth-order valence-corrected chi connectivity index (χ4v) is 1.81. The number of nitrogens with zero attached hydrogens (tertiary/aromatic N) is 3. The van der Waals surface area contributed by atoms with Crippen LogP contribution in [0.15, 0.2) is 47.1 Å². The van der Waals surface area contributed by atoms with Gasteiger partial charge in [0.15, 0.2) is 0 Å². The summed E-state index contributed by atoms with van der Waals surface area (Å²) in [5, 5.41) is 4.37. The maximum absolute atomic E-state index is 5.74. The topological polar surface area (TPSA) is 61.0 Å². The Morgan fingerprint density at radius 2 is 1.80 bits per heavy atom. The van der Waals surface area contributed by atoms with Gasteiger partial charge in [0, 0.05) is 11.8 Å². The van der Waals surface area contributed by atoms with Crippen LogP contribution in [0.3, 0.4) is 0 Å². The van der Waals surface area contributed by atoms with Crippen molar-refractivity contribution >= 4 is 11.6 Å². The predicted octanol–water partition coefficient (Wildman–Crippen LogP) is 3.46. The number of hydrogen-bond donors (Lipinski definition) is 0. The number of rotatable bonds is 3. The molecule has 0 saturated heterocycles. The Morgan fingerprint density at radius 3 is 2.45 bits per heavy atom. The molecule has 0 saturated carbocycles. The highest BCUT2D eigenvalue weighted by Crippen LogP contribution is 2.23. The van der Waals surface area contributed by atoms with Crippen molar-refractivity contribution < 1.29 is 9.26 Å². The molecule has 0 aliphatic rings. The zero-order valence-corrected chi connectivity index (χ0v) is 11.3. The minimum absolute atomic E-state index is 0.403. The number of ether oxygens (including phenoxy) is 1. The van der Waals surface area contributed by atoms with E-state index in [1.165, 1.54) is 0 Å². The third-order valence-electron chi connectivity index (χ3n) is 2.75. The van der Waals surface area contributed by atoms with E-state index in [1.807, 2.05) is 24.3 Å². The number of methoxy groups -OCH3 is 1. The second-order valence-corrected chi connectivity index (χ2v) is 4.41. The molecule has 0 radical (unpaired) electrons. The number of pyridine rings is 1. The van der Waals surface area contributed by atoms with E-state index in [9.17, 15) is 0 Å². The number of aromatic nitrogens is 3. The molecule has 0 unspecified atom stereocenters. The molecule has 1 aromatic carbocycles. The molecule has 0 spiro atoms. The zero-order chi connectivity index (χ0) is 13.9. The van der Waals surface area contributed by atoms with Gasteiger partial charge in [0.05, 0.1) is 12.7 Å². The normalized spacial score (nSPS) is 10.5. The molecule has 2 heterocycles. The van der Waals surface area contributed by atoms with Gasteiger partial charge >= 0.3 is 0 Å². The molecule has 3 aromatic rings. The lowest BCUT2D eigenvalue weighted by molar-refractivity contribution is 0.415. The van der Waals surface area contributed by atoms with Gasteiger partial charge < -0.3 is 9.26 Å². The lowest BCUT2D eigenvalue weighted by atomic mass is 10.2. The van der Waals surface area contributed by atoms with Crippen LogP contribution in [0.1, 0.15) is 0 Å². The van der Waals surface area contributed by atoms with Crippen LogP contribution in [-0.2, 0) is 0 Å². The highest BCUT2D eigenvalue weighted by molar-refractivity contribution is 6.29. The van der Waals surface area contributed by atoms with Crippen molar-refractivity contribution in [2.75, 3.05) is 7.11 Å². The molecule has 0 aliphatic heterocycles. The molecule has 0 fully saturated rings. The summed E-state index contributed by atoms with van der Waals surface area (Å²) in [7, 11) is 1.62. The minimum atomic E-state index is 0.403. The van der Waals surface area contributed by atoms with Gasteiger partial charge in [0.1, 0.15) is 10.9 Å². The number of hydrogen-bond acceptors (Lipinski definition) is 5. The van der Waals surface area contributed by atoms with E-state index in [0.717, 1.165) is 16.9 Å². The predicted molar refractivity (Wildman–Crippen MR) is 74.5 cm³/mol.